The smallest absolute Gasteiger partial charge is 0.231 e. The molecule has 150 valence electrons. The van der Waals surface area contributed by atoms with Crippen molar-refractivity contribution in [3.8, 4) is 23.0 Å². The highest BCUT2D eigenvalue weighted by atomic mass is 16.7. The Hall–Kier alpha value is -2.60. The average molecular weight is 384 g/mol. The lowest BCUT2D eigenvalue weighted by Gasteiger charge is -2.34. The Bertz CT molecular complexity index is 840. The Morgan fingerprint density at radius 3 is 2.79 bits per heavy atom. The van der Waals surface area contributed by atoms with Gasteiger partial charge in [0.1, 0.15) is 11.5 Å². The predicted molar refractivity (Wildman–Crippen MR) is 109 cm³/mol. The van der Waals surface area contributed by atoms with Crippen molar-refractivity contribution in [3.05, 3.63) is 41.5 Å². The van der Waals surface area contributed by atoms with Gasteiger partial charge in [-0.3, -0.25) is 4.90 Å². The molecule has 2 aromatic carbocycles. The van der Waals surface area contributed by atoms with Gasteiger partial charge in [0.15, 0.2) is 11.5 Å². The summed E-state index contributed by atoms with van der Waals surface area (Å²) in [5.41, 5.74) is 3.33. The standard InChI is InChI=1S/C22H28N2O4/c1-15-19(25-2)8-6-16(22(15)26-3)12-24-10-4-5-18(13-24)23-17-7-9-20-21(11-17)28-14-27-20/h6-9,11,18,23H,4-5,10,12-14H2,1-3H3. The second kappa shape index (κ2) is 8.19. The molecule has 0 spiro atoms. The lowest BCUT2D eigenvalue weighted by atomic mass is 10.0. The van der Waals surface area contributed by atoms with Crippen LogP contribution in [0.25, 0.3) is 0 Å². The first-order chi connectivity index (χ1) is 13.7. The summed E-state index contributed by atoms with van der Waals surface area (Å²) >= 11 is 0. The van der Waals surface area contributed by atoms with Gasteiger partial charge in [-0.1, -0.05) is 6.07 Å². The predicted octanol–water partition coefficient (Wildman–Crippen LogP) is 3.82. The first kappa shape index (κ1) is 18.7. The van der Waals surface area contributed by atoms with E-state index in [0.29, 0.717) is 12.8 Å². The van der Waals surface area contributed by atoms with Gasteiger partial charge in [0.2, 0.25) is 6.79 Å². The normalized spacial score (nSPS) is 18.8. The van der Waals surface area contributed by atoms with Crippen LogP contribution in [0.15, 0.2) is 30.3 Å². The van der Waals surface area contributed by atoms with Crippen molar-refractivity contribution >= 4 is 5.69 Å². The van der Waals surface area contributed by atoms with Gasteiger partial charge in [-0.15, -0.1) is 0 Å². The molecule has 1 atom stereocenters. The summed E-state index contributed by atoms with van der Waals surface area (Å²) in [5.74, 6) is 3.42. The van der Waals surface area contributed by atoms with E-state index in [4.69, 9.17) is 18.9 Å². The van der Waals surface area contributed by atoms with Crippen molar-refractivity contribution in [2.45, 2.75) is 32.4 Å². The van der Waals surface area contributed by atoms with Crippen LogP contribution in [0.2, 0.25) is 0 Å². The summed E-state index contributed by atoms with van der Waals surface area (Å²) in [5, 5.41) is 3.66. The molecule has 0 saturated carbocycles. The fraction of sp³-hybridized carbons (Fsp3) is 0.455. The van der Waals surface area contributed by atoms with Crippen molar-refractivity contribution in [2.24, 2.45) is 0 Å². The molecule has 2 heterocycles. The Kier molecular flexibility index (Phi) is 5.48. The minimum Gasteiger partial charge on any atom is -0.496 e. The van der Waals surface area contributed by atoms with E-state index < -0.39 is 0 Å². The molecule has 2 aliphatic heterocycles. The third kappa shape index (κ3) is 3.83. The number of rotatable bonds is 6. The van der Waals surface area contributed by atoms with Crippen LogP contribution in [0.1, 0.15) is 24.0 Å². The largest absolute Gasteiger partial charge is 0.496 e. The van der Waals surface area contributed by atoms with E-state index in [-0.39, 0.29) is 0 Å². The van der Waals surface area contributed by atoms with Crippen LogP contribution in [0.5, 0.6) is 23.0 Å². The fourth-order valence-corrected chi connectivity index (χ4v) is 4.14. The summed E-state index contributed by atoms with van der Waals surface area (Å²) in [6, 6.07) is 10.6. The molecule has 1 fully saturated rings. The van der Waals surface area contributed by atoms with Crippen molar-refractivity contribution in [1.82, 2.24) is 4.90 Å². The lowest BCUT2D eigenvalue weighted by Crippen LogP contribution is -2.41. The molecule has 2 aromatic rings. The monoisotopic (exact) mass is 384 g/mol. The third-order valence-corrected chi connectivity index (χ3v) is 5.50. The van der Waals surface area contributed by atoms with Crippen molar-refractivity contribution < 1.29 is 18.9 Å². The topological polar surface area (TPSA) is 52.2 Å². The second-order valence-corrected chi connectivity index (χ2v) is 7.37. The van der Waals surface area contributed by atoms with E-state index in [1.165, 1.54) is 12.0 Å². The zero-order chi connectivity index (χ0) is 19.5. The Morgan fingerprint density at radius 2 is 1.96 bits per heavy atom. The molecule has 28 heavy (non-hydrogen) atoms. The molecule has 0 bridgehead atoms. The van der Waals surface area contributed by atoms with Gasteiger partial charge in [-0.25, -0.2) is 0 Å². The van der Waals surface area contributed by atoms with Crippen LogP contribution in [0.3, 0.4) is 0 Å². The zero-order valence-electron chi connectivity index (χ0n) is 16.8. The van der Waals surface area contributed by atoms with Gasteiger partial charge in [-0.05, 0) is 44.5 Å². The number of hydrogen-bond donors (Lipinski definition) is 1. The third-order valence-electron chi connectivity index (χ3n) is 5.50. The minimum absolute atomic E-state index is 0.305. The van der Waals surface area contributed by atoms with Crippen LogP contribution in [-0.4, -0.2) is 45.0 Å². The quantitative estimate of drug-likeness (QED) is 0.817. The Labute approximate surface area is 166 Å². The van der Waals surface area contributed by atoms with Crippen molar-refractivity contribution in [3.63, 3.8) is 0 Å². The van der Waals surface area contributed by atoms with E-state index in [1.54, 1.807) is 14.2 Å². The van der Waals surface area contributed by atoms with E-state index >= 15 is 0 Å². The maximum atomic E-state index is 5.68. The first-order valence-electron chi connectivity index (χ1n) is 9.77. The number of piperidine rings is 1. The minimum atomic E-state index is 0.305. The molecular weight excluding hydrogens is 356 g/mol. The van der Waals surface area contributed by atoms with Crippen molar-refractivity contribution in [1.29, 1.82) is 0 Å². The van der Waals surface area contributed by atoms with Crippen LogP contribution >= 0.6 is 0 Å². The van der Waals surface area contributed by atoms with Crippen LogP contribution in [0, 0.1) is 6.92 Å². The first-order valence-corrected chi connectivity index (χ1v) is 9.77. The molecule has 6 heteroatoms. The summed E-state index contributed by atoms with van der Waals surface area (Å²) < 4.78 is 22.0. The SMILES string of the molecule is COc1ccc(CN2CCCC(Nc3ccc4c(c3)OCO4)C2)c(OC)c1C. The summed E-state index contributed by atoms with van der Waals surface area (Å²) in [6.07, 6.45) is 2.32. The molecule has 0 aromatic heterocycles. The second-order valence-electron chi connectivity index (χ2n) is 7.37. The maximum Gasteiger partial charge on any atom is 0.231 e. The van der Waals surface area contributed by atoms with Gasteiger partial charge >= 0.3 is 0 Å². The highest BCUT2D eigenvalue weighted by molar-refractivity contribution is 5.56. The summed E-state index contributed by atoms with van der Waals surface area (Å²) in [7, 11) is 3.42. The molecule has 0 aliphatic carbocycles. The average Bonchev–Trinajstić information content (AvgIpc) is 3.16. The number of likely N-dealkylation sites (tertiary alicyclic amines) is 1. The van der Waals surface area contributed by atoms with Gasteiger partial charge in [0.25, 0.3) is 0 Å². The molecule has 0 amide bonds. The fourth-order valence-electron chi connectivity index (χ4n) is 4.14. The Morgan fingerprint density at radius 1 is 1.11 bits per heavy atom. The molecular formula is C22H28N2O4. The van der Waals surface area contributed by atoms with E-state index in [9.17, 15) is 0 Å². The number of methoxy groups -OCH3 is 2. The van der Waals surface area contributed by atoms with Gasteiger partial charge < -0.3 is 24.3 Å². The number of nitrogens with zero attached hydrogens (tertiary/aromatic N) is 1. The van der Waals surface area contributed by atoms with E-state index in [1.807, 2.05) is 25.1 Å². The van der Waals surface area contributed by atoms with Crippen LogP contribution < -0.4 is 24.3 Å². The lowest BCUT2D eigenvalue weighted by molar-refractivity contribution is 0.174. The van der Waals surface area contributed by atoms with E-state index in [0.717, 1.165) is 60.3 Å². The summed E-state index contributed by atoms with van der Waals surface area (Å²) in [6.45, 7) is 5.30. The molecule has 2 aliphatic rings. The Balaban J connectivity index is 1.42. The highest BCUT2D eigenvalue weighted by Crippen LogP contribution is 2.35. The number of ether oxygens (including phenoxy) is 4. The van der Waals surface area contributed by atoms with Gasteiger partial charge in [-0.2, -0.15) is 0 Å². The molecule has 0 radical (unpaired) electrons. The molecule has 6 nitrogen and oxygen atoms in total. The molecule has 4 rings (SSSR count). The number of hydrogen-bond acceptors (Lipinski definition) is 6. The molecule has 1 saturated heterocycles. The maximum absolute atomic E-state index is 5.68. The number of anilines is 1. The van der Waals surface area contributed by atoms with Gasteiger partial charge in [0, 0.05) is 42.0 Å². The number of fused-ring (bicyclic) bond motifs is 1. The van der Waals surface area contributed by atoms with Crippen LogP contribution in [0.4, 0.5) is 5.69 Å². The zero-order valence-corrected chi connectivity index (χ0v) is 16.8. The van der Waals surface area contributed by atoms with Crippen LogP contribution in [-0.2, 0) is 6.54 Å². The number of benzene rings is 2. The highest BCUT2D eigenvalue weighted by Gasteiger charge is 2.22. The van der Waals surface area contributed by atoms with Gasteiger partial charge in [0.05, 0.1) is 14.2 Å². The summed E-state index contributed by atoms with van der Waals surface area (Å²) in [4.78, 5) is 2.48. The number of nitrogens with one attached hydrogen (secondary N) is 1. The van der Waals surface area contributed by atoms with E-state index in [2.05, 4.69) is 22.3 Å². The molecule has 1 unspecified atom stereocenters. The van der Waals surface area contributed by atoms with Crippen molar-refractivity contribution in [2.75, 3.05) is 39.4 Å². The molecule has 1 N–H and O–H groups in total.